The lowest BCUT2D eigenvalue weighted by Gasteiger charge is -2.27. The van der Waals surface area contributed by atoms with E-state index in [-0.39, 0.29) is 31.5 Å². The van der Waals surface area contributed by atoms with E-state index in [0.29, 0.717) is 39.0 Å². The molecule has 1 aromatic rings. The number of fused-ring (bicyclic) bond motifs is 1. The molecule has 0 bridgehead atoms. The molecule has 3 rings (SSSR count). The molecule has 8 heteroatoms. The van der Waals surface area contributed by atoms with Crippen molar-refractivity contribution < 1.29 is 33.3 Å². The Hall–Kier alpha value is -2.48. The molecule has 1 unspecified atom stereocenters. The first-order valence-electron chi connectivity index (χ1n) is 9.64. The molecule has 1 saturated heterocycles. The number of hydrogen-bond acceptors (Lipinski definition) is 7. The van der Waals surface area contributed by atoms with E-state index in [2.05, 4.69) is 0 Å². The number of carbonyl (C=O) groups is 2. The van der Waals surface area contributed by atoms with Crippen LogP contribution in [0.3, 0.4) is 0 Å². The SMILES string of the molecule is CCN(C(=O)OCOC(=O)C1CCOCC1)C(C)Cc1ccc2c(c1)OCO2. The van der Waals surface area contributed by atoms with Gasteiger partial charge in [0.05, 0.1) is 5.92 Å². The van der Waals surface area contributed by atoms with Crippen LogP contribution in [0.25, 0.3) is 0 Å². The van der Waals surface area contributed by atoms with Crippen LogP contribution in [0.15, 0.2) is 18.2 Å². The van der Waals surface area contributed by atoms with Crippen molar-refractivity contribution in [3.63, 3.8) is 0 Å². The zero-order chi connectivity index (χ0) is 19.9. The topological polar surface area (TPSA) is 83.5 Å². The molecule has 1 amide bonds. The van der Waals surface area contributed by atoms with Crippen molar-refractivity contribution in [2.45, 2.75) is 39.2 Å². The fraction of sp³-hybridized carbons (Fsp3) is 0.600. The molecule has 1 aromatic carbocycles. The first-order chi connectivity index (χ1) is 13.6. The standard InChI is InChI=1S/C20H27NO7/c1-3-21(14(2)10-15-4-5-17-18(11-15)26-12-25-17)20(23)28-13-27-19(22)16-6-8-24-9-7-16/h4-5,11,14,16H,3,6-10,12-13H2,1-2H3. The Bertz CT molecular complexity index is 687. The molecule has 154 valence electrons. The highest BCUT2D eigenvalue weighted by Crippen LogP contribution is 2.33. The van der Waals surface area contributed by atoms with Crippen LogP contribution in [0.5, 0.6) is 11.5 Å². The van der Waals surface area contributed by atoms with E-state index in [1.807, 2.05) is 32.0 Å². The maximum Gasteiger partial charge on any atom is 0.412 e. The monoisotopic (exact) mass is 393 g/mol. The van der Waals surface area contributed by atoms with Crippen molar-refractivity contribution in [1.82, 2.24) is 4.90 Å². The highest BCUT2D eigenvalue weighted by atomic mass is 16.7. The van der Waals surface area contributed by atoms with Crippen molar-refractivity contribution in [3.8, 4) is 11.5 Å². The highest BCUT2D eigenvalue weighted by molar-refractivity contribution is 5.73. The van der Waals surface area contributed by atoms with E-state index >= 15 is 0 Å². The molecule has 2 heterocycles. The van der Waals surface area contributed by atoms with Gasteiger partial charge in [-0.25, -0.2) is 4.79 Å². The normalized spacial score (nSPS) is 17.1. The molecule has 0 aliphatic carbocycles. The lowest BCUT2D eigenvalue weighted by atomic mass is 10.0. The molecular weight excluding hydrogens is 366 g/mol. The number of likely N-dealkylation sites (N-methyl/N-ethyl adjacent to an activating group) is 1. The zero-order valence-electron chi connectivity index (χ0n) is 16.3. The number of carbonyl (C=O) groups excluding carboxylic acids is 2. The van der Waals surface area contributed by atoms with Gasteiger partial charge in [-0.1, -0.05) is 6.07 Å². The molecule has 1 fully saturated rings. The second-order valence-electron chi connectivity index (χ2n) is 6.90. The average molecular weight is 393 g/mol. The van der Waals surface area contributed by atoms with Gasteiger partial charge in [0.2, 0.25) is 13.6 Å². The second-order valence-corrected chi connectivity index (χ2v) is 6.90. The third kappa shape index (κ3) is 5.07. The number of rotatable bonds is 7. The Balaban J connectivity index is 1.46. The Labute approximate surface area is 164 Å². The maximum absolute atomic E-state index is 12.4. The quantitative estimate of drug-likeness (QED) is 0.520. The van der Waals surface area contributed by atoms with Crippen LogP contribution in [-0.2, 0) is 25.4 Å². The van der Waals surface area contributed by atoms with Gasteiger partial charge in [-0.15, -0.1) is 0 Å². The van der Waals surface area contributed by atoms with Crippen LogP contribution >= 0.6 is 0 Å². The van der Waals surface area contributed by atoms with Gasteiger partial charge in [0, 0.05) is 25.8 Å². The molecule has 2 aliphatic rings. The number of nitrogens with zero attached hydrogens (tertiary/aromatic N) is 1. The third-order valence-corrected chi connectivity index (χ3v) is 5.01. The second kappa shape index (κ2) is 9.64. The van der Waals surface area contributed by atoms with Crippen molar-refractivity contribution in [3.05, 3.63) is 23.8 Å². The van der Waals surface area contributed by atoms with E-state index in [9.17, 15) is 9.59 Å². The van der Waals surface area contributed by atoms with E-state index < -0.39 is 6.09 Å². The van der Waals surface area contributed by atoms with Gasteiger partial charge >= 0.3 is 12.1 Å². The average Bonchev–Trinajstić information content (AvgIpc) is 3.17. The molecule has 1 atom stereocenters. The fourth-order valence-corrected chi connectivity index (χ4v) is 3.41. The summed E-state index contributed by atoms with van der Waals surface area (Å²) in [5.41, 5.74) is 1.04. The summed E-state index contributed by atoms with van der Waals surface area (Å²) in [6.07, 6.45) is 1.41. The Kier molecular flexibility index (Phi) is 6.97. The highest BCUT2D eigenvalue weighted by Gasteiger charge is 2.25. The van der Waals surface area contributed by atoms with Gasteiger partial charge in [0.15, 0.2) is 11.5 Å². The lowest BCUT2D eigenvalue weighted by Crippen LogP contribution is -2.40. The molecule has 0 spiro atoms. The molecule has 0 saturated carbocycles. The van der Waals surface area contributed by atoms with Gasteiger partial charge in [0.1, 0.15) is 0 Å². The predicted octanol–water partition coefficient (Wildman–Crippen LogP) is 2.73. The van der Waals surface area contributed by atoms with Crippen LogP contribution in [-0.4, -0.2) is 56.3 Å². The van der Waals surface area contributed by atoms with Crippen molar-refractivity contribution in [2.24, 2.45) is 5.92 Å². The van der Waals surface area contributed by atoms with E-state index in [4.69, 9.17) is 23.7 Å². The number of amides is 1. The number of hydrogen-bond donors (Lipinski definition) is 0. The van der Waals surface area contributed by atoms with E-state index in [0.717, 1.165) is 17.1 Å². The Morgan fingerprint density at radius 3 is 2.68 bits per heavy atom. The van der Waals surface area contributed by atoms with Crippen LogP contribution in [0.2, 0.25) is 0 Å². The Morgan fingerprint density at radius 2 is 1.93 bits per heavy atom. The lowest BCUT2D eigenvalue weighted by molar-refractivity contribution is -0.160. The zero-order valence-corrected chi connectivity index (χ0v) is 16.3. The van der Waals surface area contributed by atoms with Gasteiger partial charge < -0.3 is 28.6 Å². The summed E-state index contributed by atoms with van der Waals surface area (Å²) in [7, 11) is 0. The summed E-state index contributed by atoms with van der Waals surface area (Å²) in [5, 5.41) is 0. The molecule has 8 nitrogen and oxygen atoms in total. The molecular formula is C20H27NO7. The van der Waals surface area contributed by atoms with E-state index in [1.165, 1.54) is 0 Å². The molecule has 0 aromatic heterocycles. The molecule has 0 radical (unpaired) electrons. The van der Waals surface area contributed by atoms with Crippen LogP contribution in [0.1, 0.15) is 32.3 Å². The maximum atomic E-state index is 12.4. The Morgan fingerprint density at radius 1 is 1.18 bits per heavy atom. The van der Waals surface area contributed by atoms with Gasteiger partial charge in [-0.3, -0.25) is 4.79 Å². The first-order valence-corrected chi connectivity index (χ1v) is 9.64. The fourth-order valence-electron chi connectivity index (χ4n) is 3.41. The van der Waals surface area contributed by atoms with E-state index in [1.54, 1.807) is 4.90 Å². The van der Waals surface area contributed by atoms with Gasteiger partial charge in [-0.2, -0.15) is 0 Å². The molecule has 2 aliphatic heterocycles. The minimum Gasteiger partial charge on any atom is -0.454 e. The molecule has 28 heavy (non-hydrogen) atoms. The minimum atomic E-state index is -0.504. The predicted molar refractivity (Wildman–Crippen MR) is 99.1 cm³/mol. The summed E-state index contributed by atoms with van der Waals surface area (Å²) >= 11 is 0. The van der Waals surface area contributed by atoms with Crippen LogP contribution in [0.4, 0.5) is 4.79 Å². The minimum absolute atomic E-state index is 0.0935. The summed E-state index contributed by atoms with van der Waals surface area (Å²) in [6.45, 7) is 5.28. The van der Waals surface area contributed by atoms with Crippen molar-refractivity contribution in [1.29, 1.82) is 0 Å². The van der Waals surface area contributed by atoms with Crippen LogP contribution in [0, 0.1) is 5.92 Å². The van der Waals surface area contributed by atoms with Crippen molar-refractivity contribution in [2.75, 3.05) is 33.3 Å². The third-order valence-electron chi connectivity index (χ3n) is 5.01. The summed E-state index contributed by atoms with van der Waals surface area (Å²) in [4.78, 5) is 26.0. The van der Waals surface area contributed by atoms with Gasteiger partial charge in [-0.05, 0) is 50.8 Å². The molecule has 0 N–H and O–H groups in total. The van der Waals surface area contributed by atoms with Crippen molar-refractivity contribution >= 4 is 12.1 Å². The smallest absolute Gasteiger partial charge is 0.412 e. The number of benzene rings is 1. The van der Waals surface area contributed by atoms with Crippen LogP contribution < -0.4 is 9.47 Å². The number of ether oxygens (including phenoxy) is 5. The summed E-state index contributed by atoms with van der Waals surface area (Å²) < 4.78 is 26.2. The van der Waals surface area contributed by atoms with Gasteiger partial charge in [0.25, 0.3) is 0 Å². The largest absolute Gasteiger partial charge is 0.454 e. The number of esters is 1. The summed E-state index contributed by atoms with van der Waals surface area (Å²) in [5.74, 6) is 0.928. The first kappa shape index (κ1) is 20.3. The summed E-state index contributed by atoms with van der Waals surface area (Å²) in [6, 6.07) is 5.66.